The highest BCUT2D eigenvalue weighted by Gasteiger charge is 2.00. The maximum Gasteiger partial charge on any atom is 0.128 e. The van der Waals surface area contributed by atoms with Gasteiger partial charge >= 0.3 is 0 Å². The molecule has 0 aliphatic carbocycles. The van der Waals surface area contributed by atoms with Crippen LogP contribution in [0.1, 0.15) is 17.5 Å². The largest absolute Gasteiger partial charge is 0.207 e. The van der Waals surface area contributed by atoms with Crippen LogP contribution in [-0.2, 0) is 5.88 Å². The molecule has 0 heterocycles. The van der Waals surface area contributed by atoms with E-state index in [9.17, 15) is 4.39 Å². The first-order valence-corrected chi connectivity index (χ1v) is 5.24. The molecule has 3 heteroatoms. The Labute approximate surface area is 93.0 Å². The summed E-state index contributed by atoms with van der Waals surface area (Å²) in [6, 6.07) is 4.79. The molecule has 1 aromatic carbocycles. The summed E-state index contributed by atoms with van der Waals surface area (Å²) in [5.41, 5.74) is 1.15. The first-order valence-electron chi connectivity index (χ1n) is 4.17. The van der Waals surface area contributed by atoms with Gasteiger partial charge in [-0.05, 0) is 12.1 Å². The zero-order chi connectivity index (χ0) is 10.4. The van der Waals surface area contributed by atoms with Gasteiger partial charge in [-0.1, -0.05) is 17.9 Å². The maximum atomic E-state index is 13.2. The van der Waals surface area contributed by atoms with Gasteiger partial charge in [0, 0.05) is 23.4 Å². The molecule has 0 aliphatic rings. The van der Waals surface area contributed by atoms with Crippen molar-refractivity contribution in [1.82, 2.24) is 0 Å². The molecule has 0 aromatic heterocycles. The summed E-state index contributed by atoms with van der Waals surface area (Å²) >= 11 is 11.0. The number of halogens is 3. The summed E-state index contributed by atoms with van der Waals surface area (Å²) in [5, 5.41) is 0. The van der Waals surface area contributed by atoms with Crippen LogP contribution in [0.2, 0.25) is 0 Å². The molecule has 1 aromatic rings. The van der Waals surface area contributed by atoms with E-state index in [1.54, 1.807) is 12.1 Å². The Kier molecular flexibility index (Phi) is 4.79. The lowest BCUT2D eigenvalue weighted by Gasteiger charge is -1.97. The van der Waals surface area contributed by atoms with E-state index in [0.717, 1.165) is 0 Å². The van der Waals surface area contributed by atoms with Crippen molar-refractivity contribution >= 4 is 23.2 Å². The van der Waals surface area contributed by atoms with Gasteiger partial charge in [-0.2, -0.15) is 0 Å². The molecular weight excluding hydrogens is 222 g/mol. The highest BCUT2D eigenvalue weighted by Crippen LogP contribution is 2.11. The normalized spacial score (nSPS) is 9.36. The number of hydrogen-bond donors (Lipinski definition) is 0. The Hall–Kier alpha value is -0.710. The summed E-state index contributed by atoms with van der Waals surface area (Å²) in [6.07, 6.45) is 0.612. The van der Waals surface area contributed by atoms with Crippen molar-refractivity contribution in [2.75, 3.05) is 5.88 Å². The number of alkyl halides is 2. The fourth-order valence-electron chi connectivity index (χ4n) is 0.945. The Balaban J connectivity index is 2.82. The summed E-state index contributed by atoms with van der Waals surface area (Å²) in [7, 11) is 0. The molecule has 0 unspecified atom stereocenters. The zero-order valence-corrected chi connectivity index (χ0v) is 9.00. The summed E-state index contributed by atoms with van der Waals surface area (Å²) in [4.78, 5) is 0. The van der Waals surface area contributed by atoms with Crippen LogP contribution in [0, 0.1) is 17.7 Å². The molecule has 0 N–H and O–H groups in total. The van der Waals surface area contributed by atoms with Gasteiger partial charge in [-0.3, -0.25) is 0 Å². The van der Waals surface area contributed by atoms with Crippen LogP contribution < -0.4 is 0 Å². The van der Waals surface area contributed by atoms with E-state index in [0.29, 0.717) is 23.4 Å². The molecule has 0 radical (unpaired) electrons. The first-order chi connectivity index (χ1) is 6.77. The fourth-order valence-corrected chi connectivity index (χ4v) is 1.26. The Morgan fingerprint density at radius 3 is 2.64 bits per heavy atom. The molecule has 0 spiro atoms. The minimum atomic E-state index is -0.308. The van der Waals surface area contributed by atoms with Gasteiger partial charge in [0.1, 0.15) is 5.82 Å². The number of rotatable bonds is 2. The summed E-state index contributed by atoms with van der Waals surface area (Å²) in [6.45, 7) is 0. The van der Waals surface area contributed by atoms with Gasteiger partial charge in [0.25, 0.3) is 0 Å². The minimum Gasteiger partial charge on any atom is -0.207 e. The summed E-state index contributed by atoms with van der Waals surface area (Å²) in [5.74, 6) is 6.02. The van der Waals surface area contributed by atoms with Crippen molar-refractivity contribution in [3.63, 3.8) is 0 Å². The molecule has 0 saturated heterocycles. The van der Waals surface area contributed by atoms with Gasteiger partial charge in [-0.25, -0.2) is 4.39 Å². The molecule has 74 valence electrons. The quantitative estimate of drug-likeness (QED) is 0.539. The molecule has 0 bridgehead atoms. The Morgan fingerprint density at radius 1 is 1.29 bits per heavy atom. The highest BCUT2D eigenvalue weighted by molar-refractivity contribution is 6.18. The third kappa shape index (κ3) is 3.21. The molecule has 0 amide bonds. The van der Waals surface area contributed by atoms with Crippen LogP contribution in [0.15, 0.2) is 18.2 Å². The average Bonchev–Trinajstić information content (AvgIpc) is 2.18. The predicted octanol–water partition coefficient (Wildman–Crippen LogP) is 3.54. The van der Waals surface area contributed by atoms with Gasteiger partial charge in [-0.15, -0.1) is 23.2 Å². The standard InChI is InChI=1S/C11H9Cl2F/c12-6-2-1-3-9-4-5-10(8-13)11(14)7-9/h4-5,7H,2,6,8H2. The van der Waals surface area contributed by atoms with Crippen molar-refractivity contribution in [2.45, 2.75) is 12.3 Å². The second-order valence-corrected chi connectivity index (χ2v) is 3.33. The van der Waals surface area contributed by atoms with E-state index in [1.165, 1.54) is 6.07 Å². The fraction of sp³-hybridized carbons (Fsp3) is 0.273. The van der Waals surface area contributed by atoms with Crippen LogP contribution in [0.3, 0.4) is 0 Å². The minimum absolute atomic E-state index is 0.182. The lowest BCUT2D eigenvalue weighted by Crippen LogP contribution is -1.87. The van der Waals surface area contributed by atoms with Gasteiger partial charge in [0.15, 0.2) is 0 Å². The van der Waals surface area contributed by atoms with Crippen molar-refractivity contribution in [1.29, 1.82) is 0 Å². The topological polar surface area (TPSA) is 0 Å². The molecule has 0 nitrogen and oxygen atoms in total. The third-order valence-electron chi connectivity index (χ3n) is 1.65. The van der Waals surface area contributed by atoms with Crippen LogP contribution in [0.25, 0.3) is 0 Å². The SMILES string of the molecule is Fc1cc(C#CCCCl)ccc1CCl. The van der Waals surface area contributed by atoms with E-state index in [1.807, 2.05) is 0 Å². The molecule has 0 fully saturated rings. The third-order valence-corrected chi connectivity index (χ3v) is 2.13. The smallest absolute Gasteiger partial charge is 0.128 e. The first kappa shape index (κ1) is 11.4. The monoisotopic (exact) mass is 230 g/mol. The van der Waals surface area contributed by atoms with Gasteiger partial charge in [0.05, 0.1) is 5.88 Å². The zero-order valence-electron chi connectivity index (χ0n) is 7.49. The second-order valence-electron chi connectivity index (χ2n) is 2.68. The molecule has 14 heavy (non-hydrogen) atoms. The van der Waals surface area contributed by atoms with E-state index >= 15 is 0 Å². The lowest BCUT2D eigenvalue weighted by molar-refractivity contribution is 0.616. The lowest BCUT2D eigenvalue weighted by atomic mass is 10.1. The van der Waals surface area contributed by atoms with Gasteiger partial charge < -0.3 is 0 Å². The van der Waals surface area contributed by atoms with Crippen LogP contribution >= 0.6 is 23.2 Å². The van der Waals surface area contributed by atoms with Crippen LogP contribution in [0.4, 0.5) is 4.39 Å². The molecule has 0 atom stereocenters. The van der Waals surface area contributed by atoms with Crippen LogP contribution in [0.5, 0.6) is 0 Å². The average molecular weight is 231 g/mol. The van der Waals surface area contributed by atoms with Crippen molar-refractivity contribution in [2.24, 2.45) is 0 Å². The van der Waals surface area contributed by atoms with Crippen molar-refractivity contribution in [3.05, 3.63) is 35.1 Å². The van der Waals surface area contributed by atoms with Gasteiger partial charge in [0.2, 0.25) is 0 Å². The maximum absolute atomic E-state index is 13.2. The van der Waals surface area contributed by atoms with E-state index in [2.05, 4.69) is 11.8 Å². The molecule has 1 rings (SSSR count). The number of benzene rings is 1. The van der Waals surface area contributed by atoms with Crippen molar-refractivity contribution < 1.29 is 4.39 Å². The Bertz CT molecular complexity index is 363. The van der Waals surface area contributed by atoms with E-state index in [-0.39, 0.29) is 11.7 Å². The summed E-state index contributed by atoms with van der Waals surface area (Å²) < 4.78 is 13.2. The second kappa shape index (κ2) is 5.90. The Morgan fingerprint density at radius 2 is 2.07 bits per heavy atom. The van der Waals surface area contributed by atoms with E-state index < -0.39 is 0 Å². The molecular formula is C11H9Cl2F. The number of hydrogen-bond acceptors (Lipinski definition) is 0. The molecule has 0 aliphatic heterocycles. The molecule has 0 saturated carbocycles. The van der Waals surface area contributed by atoms with E-state index in [4.69, 9.17) is 23.2 Å². The van der Waals surface area contributed by atoms with Crippen molar-refractivity contribution in [3.8, 4) is 11.8 Å². The predicted molar refractivity (Wildman–Crippen MR) is 58.2 cm³/mol. The highest BCUT2D eigenvalue weighted by atomic mass is 35.5. The van der Waals surface area contributed by atoms with Crippen LogP contribution in [-0.4, -0.2) is 5.88 Å².